The lowest BCUT2D eigenvalue weighted by Gasteiger charge is -2.11. The first-order valence-electron chi connectivity index (χ1n) is 9.54. The van der Waals surface area contributed by atoms with E-state index >= 15 is 0 Å². The van der Waals surface area contributed by atoms with Gasteiger partial charge in [-0.25, -0.2) is 9.18 Å². The molecular formula is C24H18ClFN2O3. The third-order valence-corrected chi connectivity index (χ3v) is 5.29. The third-order valence-electron chi connectivity index (χ3n) is 5.04. The van der Waals surface area contributed by atoms with Gasteiger partial charge in [0.25, 0.3) is 5.91 Å². The minimum Gasteiger partial charge on any atom is -0.478 e. The van der Waals surface area contributed by atoms with Crippen molar-refractivity contribution in [3.8, 4) is 0 Å². The van der Waals surface area contributed by atoms with E-state index < -0.39 is 11.8 Å². The molecule has 1 heterocycles. The van der Waals surface area contributed by atoms with Gasteiger partial charge in [-0.05, 0) is 42.0 Å². The molecule has 31 heavy (non-hydrogen) atoms. The van der Waals surface area contributed by atoms with Crippen molar-refractivity contribution in [3.63, 3.8) is 0 Å². The second-order valence-electron chi connectivity index (χ2n) is 7.11. The van der Waals surface area contributed by atoms with Crippen molar-refractivity contribution in [2.24, 2.45) is 0 Å². The van der Waals surface area contributed by atoms with Crippen LogP contribution in [0.2, 0.25) is 5.02 Å². The van der Waals surface area contributed by atoms with Crippen LogP contribution in [0.5, 0.6) is 0 Å². The first-order chi connectivity index (χ1) is 14.9. The number of nitrogens with one attached hydrogen (secondary N) is 1. The number of nitrogens with zero attached hydrogens (tertiary/aromatic N) is 1. The van der Waals surface area contributed by atoms with Gasteiger partial charge in [-0.2, -0.15) is 0 Å². The zero-order valence-corrected chi connectivity index (χ0v) is 17.1. The Bertz CT molecular complexity index is 1280. The maximum Gasteiger partial charge on any atom is 0.335 e. The second-order valence-corrected chi connectivity index (χ2v) is 7.54. The third kappa shape index (κ3) is 4.44. The van der Waals surface area contributed by atoms with Gasteiger partial charge in [0.05, 0.1) is 16.6 Å². The highest BCUT2D eigenvalue weighted by atomic mass is 35.5. The van der Waals surface area contributed by atoms with Crippen LogP contribution in [0.25, 0.3) is 10.9 Å². The van der Waals surface area contributed by atoms with E-state index in [1.807, 2.05) is 47.2 Å². The zero-order valence-electron chi connectivity index (χ0n) is 16.3. The molecule has 0 aliphatic heterocycles. The summed E-state index contributed by atoms with van der Waals surface area (Å²) >= 11 is 5.96. The summed E-state index contributed by atoms with van der Waals surface area (Å²) in [7, 11) is 0. The number of aromatic carboxylic acids is 1. The van der Waals surface area contributed by atoms with Gasteiger partial charge in [-0.3, -0.25) is 4.79 Å². The fraction of sp³-hybridized carbons (Fsp3) is 0.0833. The summed E-state index contributed by atoms with van der Waals surface area (Å²) < 4.78 is 16.2. The van der Waals surface area contributed by atoms with Crippen LogP contribution in [-0.4, -0.2) is 21.6 Å². The monoisotopic (exact) mass is 436 g/mol. The van der Waals surface area contributed by atoms with Crippen molar-refractivity contribution in [1.29, 1.82) is 0 Å². The Balaban J connectivity index is 1.57. The van der Waals surface area contributed by atoms with Gasteiger partial charge in [0, 0.05) is 35.3 Å². The first kappa shape index (κ1) is 20.6. The van der Waals surface area contributed by atoms with E-state index in [4.69, 9.17) is 16.7 Å². The van der Waals surface area contributed by atoms with E-state index in [-0.39, 0.29) is 23.6 Å². The molecule has 3 aromatic carbocycles. The minimum atomic E-state index is -1.21. The summed E-state index contributed by atoms with van der Waals surface area (Å²) in [4.78, 5) is 23.9. The van der Waals surface area contributed by atoms with Crippen molar-refractivity contribution < 1.29 is 19.1 Å². The van der Waals surface area contributed by atoms with Gasteiger partial charge < -0.3 is 15.0 Å². The number of benzene rings is 3. The molecule has 0 saturated carbocycles. The van der Waals surface area contributed by atoms with Crippen LogP contribution < -0.4 is 5.32 Å². The predicted octanol–water partition coefficient (Wildman–Crippen LogP) is 5.11. The number of hydrogen-bond acceptors (Lipinski definition) is 2. The van der Waals surface area contributed by atoms with Crippen LogP contribution in [0.3, 0.4) is 0 Å². The van der Waals surface area contributed by atoms with Crippen LogP contribution >= 0.6 is 11.6 Å². The van der Waals surface area contributed by atoms with Gasteiger partial charge in [0.1, 0.15) is 5.82 Å². The topological polar surface area (TPSA) is 71.3 Å². The lowest BCUT2D eigenvalue weighted by atomic mass is 10.1. The highest BCUT2D eigenvalue weighted by Gasteiger charge is 2.15. The number of hydrogen-bond donors (Lipinski definition) is 2. The summed E-state index contributed by atoms with van der Waals surface area (Å²) in [6, 6.07) is 18.5. The van der Waals surface area contributed by atoms with E-state index in [1.165, 1.54) is 12.1 Å². The molecule has 2 N–H and O–H groups in total. The van der Waals surface area contributed by atoms with Gasteiger partial charge in [-0.1, -0.05) is 41.9 Å². The zero-order chi connectivity index (χ0) is 22.0. The summed E-state index contributed by atoms with van der Waals surface area (Å²) in [6.07, 6.45) is 1.92. The Morgan fingerprint density at radius 2 is 1.81 bits per heavy atom. The molecule has 0 fully saturated rings. The van der Waals surface area contributed by atoms with Crippen molar-refractivity contribution >= 4 is 34.4 Å². The fourth-order valence-electron chi connectivity index (χ4n) is 3.46. The number of halogens is 2. The molecule has 4 rings (SSSR count). The van der Waals surface area contributed by atoms with E-state index in [2.05, 4.69) is 5.32 Å². The number of carbonyl (C=O) groups is 2. The number of para-hydroxylation sites is 1. The van der Waals surface area contributed by atoms with Crippen LogP contribution in [-0.2, 0) is 13.1 Å². The molecule has 4 aromatic rings. The molecule has 1 aromatic heterocycles. The number of aromatic nitrogens is 1. The maximum absolute atomic E-state index is 14.2. The Morgan fingerprint density at radius 3 is 2.52 bits per heavy atom. The van der Waals surface area contributed by atoms with E-state index in [9.17, 15) is 14.0 Å². The number of fused-ring (bicyclic) bond motifs is 1. The normalized spacial score (nSPS) is 10.9. The fourth-order valence-corrected chi connectivity index (χ4v) is 3.58. The SMILES string of the molecule is O=C(O)c1ccc(CNC(=O)c2cccc3ccn(Cc4ccc(Cl)cc4)c23)c(F)c1. The van der Waals surface area contributed by atoms with Gasteiger partial charge in [0.15, 0.2) is 0 Å². The predicted molar refractivity (Wildman–Crippen MR) is 117 cm³/mol. The Kier molecular flexibility index (Phi) is 5.73. The number of amides is 1. The average molecular weight is 437 g/mol. The molecule has 0 radical (unpaired) electrons. The van der Waals surface area contributed by atoms with Gasteiger partial charge in [0.2, 0.25) is 0 Å². The lowest BCUT2D eigenvalue weighted by Crippen LogP contribution is -2.24. The summed E-state index contributed by atoms with van der Waals surface area (Å²) in [5.74, 6) is -2.23. The van der Waals surface area contributed by atoms with Gasteiger partial charge in [-0.15, -0.1) is 0 Å². The quantitative estimate of drug-likeness (QED) is 0.441. The number of carbonyl (C=O) groups excluding carboxylic acids is 1. The van der Waals surface area contributed by atoms with Gasteiger partial charge >= 0.3 is 5.97 Å². The first-order valence-corrected chi connectivity index (χ1v) is 9.92. The molecule has 1 amide bonds. The summed E-state index contributed by atoms with van der Waals surface area (Å²) in [5.41, 5.74) is 2.35. The molecule has 0 bridgehead atoms. The van der Waals surface area contributed by atoms with Crippen molar-refractivity contribution in [2.75, 3.05) is 0 Å². The number of rotatable bonds is 6. The molecule has 0 atom stereocenters. The van der Waals surface area contributed by atoms with Crippen LogP contribution in [0.1, 0.15) is 31.8 Å². The standard InChI is InChI=1S/C24H18ClFN2O3/c25-19-8-4-15(5-9-19)14-28-11-10-16-2-1-3-20(22(16)28)23(29)27-13-18-7-6-17(24(30)31)12-21(18)26/h1-12H,13-14H2,(H,27,29)(H,30,31). The maximum atomic E-state index is 14.2. The molecule has 7 heteroatoms. The Labute approximate surface area is 182 Å². The van der Waals surface area contributed by atoms with Crippen molar-refractivity contribution in [2.45, 2.75) is 13.1 Å². The largest absolute Gasteiger partial charge is 0.478 e. The Morgan fingerprint density at radius 1 is 1.03 bits per heavy atom. The molecule has 0 unspecified atom stereocenters. The summed E-state index contributed by atoms with van der Waals surface area (Å²) in [5, 5.41) is 13.2. The number of carboxylic acids is 1. The molecule has 0 aliphatic carbocycles. The minimum absolute atomic E-state index is 0.0567. The molecule has 156 valence electrons. The van der Waals surface area contributed by atoms with E-state index in [0.717, 1.165) is 22.5 Å². The van der Waals surface area contributed by atoms with Crippen LogP contribution in [0, 0.1) is 5.82 Å². The highest BCUT2D eigenvalue weighted by Crippen LogP contribution is 2.22. The Hall–Kier alpha value is -3.64. The molecule has 0 spiro atoms. The van der Waals surface area contributed by atoms with Crippen molar-refractivity contribution in [1.82, 2.24) is 9.88 Å². The molecular weight excluding hydrogens is 419 g/mol. The van der Waals surface area contributed by atoms with Crippen molar-refractivity contribution in [3.05, 3.63) is 106 Å². The number of carboxylic acid groups (broad SMARTS) is 1. The molecule has 0 aliphatic rings. The summed E-state index contributed by atoms with van der Waals surface area (Å²) in [6.45, 7) is 0.509. The van der Waals surface area contributed by atoms with E-state index in [1.54, 1.807) is 12.1 Å². The molecule has 5 nitrogen and oxygen atoms in total. The average Bonchev–Trinajstić information content (AvgIpc) is 3.17. The van der Waals surface area contributed by atoms with E-state index in [0.29, 0.717) is 17.1 Å². The van der Waals surface area contributed by atoms with Crippen LogP contribution in [0.4, 0.5) is 4.39 Å². The lowest BCUT2D eigenvalue weighted by molar-refractivity contribution is 0.0696. The van der Waals surface area contributed by atoms with Crippen LogP contribution in [0.15, 0.2) is 72.9 Å². The second kappa shape index (κ2) is 8.62. The molecule has 0 saturated heterocycles. The highest BCUT2D eigenvalue weighted by molar-refractivity contribution is 6.30. The smallest absolute Gasteiger partial charge is 0.335 e.